The van der Waals surface area contributed by atoms with Crippen molar-refractivity contribution in [1.82, 2.24) is 10.6 Å². The van der Waals surface area contributed by atoms with Crippen molar-refractivity contribution in [3.05, 3.63) is 23.7 Å². The van der Waals surface area contributed by atoms with Crippen LogP contribution in [0.3, 0.4) is 0 Å². The quantitative estimate of drug-likeness (QED) is 0.887. The van der Waals surface area contributed by atoms with Gasteiger partial charge in [-0.3, -0.25) is 9.59 Å². The van der Waals surface area contributed by atoms with E-state index in [0.29, 0.717) is 0 Å². The summed E-state index contributed by atoms with van der Waals surface area (Å²) < 4.78 is 5.39. The fraction of sp³-hybridized carbons (Fsp3) is 0.600. The maximum absolute atomic E-state index is 11.9. The molecule has 1 atom stereocenters. The third-order valence-electron chi connectivity index (χ3n) is 3.48. The average molecular weight is 278 g/mol. The van der Waals surface area contributed by atoms with Crippen LogP contribution in [-0.2, 0) is 16.0 Å². The Morgan fingerprint density at radius 2 is 2.15 bits per heavy atom. The van der Waals surface area contributed by atoms with Gasteiger partial charge in [0.1, 0.15) is 5.76 Å². The second-order valence-electron chi connectivity index (χ2n) is 6.24. The topological polar surface area (TPSA) is 71.3 Å². The van der Waals surface area contributed by atoms with Gasteiger partial charge in [0.15, 0.2) is 0 Å². The SMILES string of the molecule is CC(C)(C)C(=O)NCC(=O)NC1CCCc2occc21. The summed E-state index contributed by atoms with van der Waals surface area (Å²) in [5.41, 5.74) is 0.579. The minimum Gasteiger partial charge on any atom is -0.469 e. The van der Waals surface area contributed by atoms with Crippen molar-refractivity contribution in [2.45, 2.75) is 46.1 Å². The van der Waals surface area contributed by atoms with E-state index in [1.165, 1.54) is 0 Å². The van der Waals surface area contributed by atoms with Crippen LogP contribution in [0.4, 0.5) is 0 Å². The average Bonchev–Trinajstić information content (AvgIpc) is 2.84. The van der Waals surface area contributed by atoms with Crippen molar-refractivity contribution < 1.29 is 14.0 Å². The van der Waals surface area contributed by atoms with E-state index in [1.807, 2.05) is 26.8 Å². The molecule has 2 rings (SSSR count). The van der Waals surface area contributed by atoms with Crippen molar-refractivity contribution >= 4 is 11.8 Å². The van der Waals surface area contributed by atoms with E-state index in [2.05, 4.69) is 10.6 Å². The standard InChI is InChI=1S/C15H22N2O3/c1-15(2,3)14(19)16-9-13(18)17-11-5-4-6-12-10(11)7-8-20-12/h7-8,11H,4-6,9H2,1-3H3,(H,16,19)(H,17,18). The number of carbonyl (C=O) groups is 2. The van der Waals surface area contributed by atoms with Crippen molar-refractivity contribution in [3.8, 4) is 0 Å². The molecule has 0 aromatic carbocycles. The Hall–Kier alpha value is -1.78. The number of aryl methyl sites for hydroxylation is 1. The molecular formula is C15H22N2O3. The zero-order valence-electron chi connectivity index (χ0n) is 12.3. The second kappa shape index (κ2) is 5.69. The number of amides is 2. The summed E-state index contributed by atoms with van der Waals surface area (Å²) in [5.74, 6) is 0.669. The molecule has 0 aliphatic heterocycles. The monoisotopic (exact) mass is 278 g/mol. The molecule has 1 unspecified atom stereocenters. The van der Waals surface area contributed by atoms with Crippen molar-refractivity contribution in [2.24, 2.45) is 5.41 Å². The predicted molar refractivity (Wildman–Crippen MR) is 75.0 cm³/mol. The molecule has 5 heteroatoms. The molecule has 1 aliphatic carbocycles. The van der Waals surface area contributed by atoms with Gasteiger partial charge in [-0.05, 0) is 18.9 Å². The third kappa shape index (κ3) is 3.40. The van der Waals surface area contributed by atoms with Crippen LogP contribution in [0, 0.1) is 5.41 Å². The van der Waals surface area contributed by atoms with Crippen LogP contribution in [-0.4, -0.2) is 18.4 Å². The molecule has 2 amide bonds. The normalized spacial score (nSPS) is 18.2. The van der Waals surface area contributed by atoms with Crippen LogP contribution in [0.1, 0.15) is 51.0 Å². The molecule has 0 spiro atoms. The van der Waals surface area contributed by atoms with E-state index < -0.39 is 5.41 Å². The number of hydrogen-bond acceptors (Lipinski definition) is 3. The largest absolute Gasteiger partial charge is 0.469 e. The first-order valence-electron chi connectivity index (χ1n) is 7.02. The maximum Gasteiger partial charge on any atom is 0.239 e. The van der Waals surface area contributed by atoms with E-state index in [4.69, 9.17) is 4.42 Å². The summed E-state index contributed by atoms with van der Waals surface area (Å²) in [6, 6.07) is 1.91. The Bertz CT molecular complexity index is 499. The first-order valence-corrected chi connectivity index (χ1v) is 7.02. The first kappa shape index (κ1) is 14.6. The summed E-state index contributed by atoms with van der Waals surface area (Å²) >= 11 is 0. The Balaban J connectivity index is 1.86. The number of fused-ring (bicyclic) bond motifs is 1. The van der Waals surface area contributed by atoms with Crippen LogP contribution in [0.2, 0.25) is 0 Å². The van der Waals surface area contributed by atoms with Crippen molar-refractivity contribution in [2.75, 3.05) is 6.54 Å². The summed E-state index contributed by atoms with van der Waals surface area (Å²) in [5, 5.41) is 5.61. The van der Waals surface area contributed by atoms with E-state index in [-0.39, 0.29) is 24.4 Å². The molecular weight excluding hydrogens is 256 g/mol. The van der Waals surface area contributed by atoms with Gasteiger partial charge in [-0.1, -0.05) is 20.8 Å². The van der Waals surface area contributed by atoms with E-state index in [0.717, 1.165) is 30.6 Å². The van der Waals surface area contributed by atoms with Gasteiger partial charge >= 0.3 is 0 Å². The number of carbonyl (C=O) groups excluding carboxylic acids is 2. The van der Waals surface area contributed by atoms with E-state index in [1.54, 1.807) is 6.26 Å². The Morgan fingerprint density at radius 1 is 1.40 bits per heavy atom. The van der Waals surface area contributed by atoms with Crippen LogP contribution < -0.4 is 10.6 Å². The smallest absolute Gasteiger partial charge is 0.239 e. The molecule has 0 radical (unpaired) electrons. The summed E-state index contributed by atoms with van der Waals surface area (Å²) in [4.78, 5) is 23.6. The van der Waals surface area contributed by atoms with Crippen LogP contribution >= 0.6 is 0 Å². The van der Waals surface area contributed by atoms with Gasteiger partial charge in [-0.25, -0.2) is 0 Å². The van der Waals surface area contributed by atoms with Gasteiger partial charge in [0.05, 0.1) is 18.8 Å². The number of nitrogens with one attached hydrogen (secondary N) is 2. The van der Waals surface area contributed by atoms with Gasteiger partial charge in [-0.2, -0.15) is 0 Å². The number of furan rings is 1. The highest BCUT2D eigenvalue weighted by Crippen LogP contribution is 2.30. The lowest BCUT2D eigenvalue weighted by atomic mass is 9.93. The predicted octanol–water partition coefficient (Wildman–Crippen LogP) is 1.94. The van der Waals surface area contributed by atoms with Gasteiger partial charge in [-0.15, -0.1) is 0 Å². The Kier molecular flexibility index (Phi) is 4.16. The van der Waals surface area contributed by atoms with Gasteiger partial charge in [0.25, 0.3) is 0 Å². The van der Waals surface area contributed by atoms with Crippen molar-refractivity contribution in [3.63, 3.8) is 0 Å². The van der Waals surface area contributed by atoms with Crippen molar-refractivity contribution in [1.29, 1.82) is 0 Å². The molecule has 0 saturated carbocycles. The molecule has 1 aromatic heterocycles. The highest BCUT2D eigenvalue weighted by atomic mass is 16.3. The van der Waals surface area contributed by atoms with E-state index in [9.17, 15) is 9.59 Å². The highest BCUT2D eigenvalue weighted by Gasteiger charge is 2.25. The van der Waals surface area contributed by atoms with Crippen LogP contribution in [0.25, 0.3) is 0 Å². The first-order chi connectivity index (χ1) is 9.38. The molecule has 20 heavy (non-hydrogen) atoms. The summed E-state index contributed by atoms with van der Waals surface area (Å²) in [6.45, 7) is 5.47. The van der Waals surface area contributed by atoms with Crippen LogP contribution in [0.15, 0.2) is 16.7 Å². The zero-order valence-corrected chi connectivity index (χ0v) is 12.3. The lowest BCUT2D eigenvalue weighted by Crippen LogP contribution is -2.43. The third-order valence-corrected chi connectivity index (χ3v) is 3.48. The molecule has 1 aliphatic rings. The molecule has 0 fully saturated rings. The molecule has 110 valence electrons. The van der Waals surface area contributed by atoms with Gasteiger partial charge in [0.2, 0.25) is 11.8 Å². The molecule has 1 aromatic rings. The van der Waals surface area contributed by atoms with Gasteiger partial charge in [0, 0.05) is 17.4 Å². The minimum atomic E-state index is -0.483. The zero-order chi connectivity index (χ0) is 14.8. The molecule has 5 nitrogen and oxygen atoms in total. The summed E-state index contributed by atoms with van der Waals surface area (Å²) in [7, 11) is 0. The molecule has 1 heterocycles. The fourth-order valence-corrected chi connectivity index (χ4v) is 2.31. The second-order valence-corrected chi connectivity index (χ2v) is 6.24. The Labute approximate surface area is 119 Å². The molecule has 0 bridgehead atoms. The lowest BCUT2D eigenvalue weighted by Gasteiger charge is -2.23. The molecule has 0 saturated heterocycles. The molecule has 2 N–H and O–H groups in total. The lowest BCUT2D eigenvalue weighted by molar-refractivity contribution is -0.131. The van der Waals surface area contributed by atoms with Crippen LogP contribution in [0.5, 0.6) is 0 Å². The van der Waals surface area contributed by atoms with Gasteiger partial charge < -0.3 is 15.1 Å². The highest BCUT2D eigenvalue weighted by molar-refractivity contribution is 5.87. The number of rotatable bonds is 3. The summed E-state index contributed by atoms with van der Waals surface area (Å²) in [6.07, 6.45) is 4.50. The maximum atomic E-state index is 11.9. The Morgan fingerprint density at radius 3 is 2.85 bits per heavy atom. The number of hydrogen-bond donors (Lipinski definition) is 2. The van der Waals surface area contributed by atoms with E-state index >= 15 is 0 Å². The fourth-order valence-electron chi connectivity index (χ4n) is 2.31. The minimum absolute atomic E-state index is 0.00320.